The lowest BCUT2D eigenvalue weighted by atomic mass is 10.3. The number of halogens is 2. The van der Waals surface area contributed by atoms with Gasteiger partial charge in [0.2, 0.25) is 0 Å². The summed E-state index contributed by atoms with van der Waals surface area (Å²) in [7, 11) is 0. The molecule has 1 unspecified atom stereocenters. The summed E-state index contributed by atoms with van der Waals surface area (Å²) in [4.78, 5) is 8.37. The molecule has 1 heterocycles. The number of aromatic nitrogens is 2. The number of hydrogen-bond acceptors (Lipinski definition) is 3. The SMILES string of the molecule is CC(CCl)CSc1ncc(I)cn1. The van der Waals surface area contributed by atoms with Crippen LogP contribution < -0.4 is 0 Å². The molecule has 0 spiro atoms. The minimum Gasteiger partial charge on any atom is -0.230 e. The molecule has 72 valence electrons. The standard InChI is InChI=1S/C8H10ClIN2S/c1-6(2-9)5-13-8-11-3-7(10)4-12-8/h3-4,6H,2,5H2,1H3. The van der Waals surface area contributed by atoms with Gasteiger partial charge >= 0.3 is 0 Å². The Balaban J connectivity index is 2.41. The largest absolute Gasteiger partial charge is 0.230 e. The Morgan fingerprint density at radius 1 is 1.54 bits per heavy atom. The summed E-state index contributed by atoms with van der Waals surface area (Å²) in [5, 5.41) is 0.831. The first-order valence-electron chi connectivity index (χ1n) is 3.88. The predicted molar refractivity (Wildman–Crippen MR) is 65.4 cm³/mol. The van der Waals surface area contributed by atoms with Gasteiger partial charge in [-0.2, -0.15) is 0 Å². The molecule has 0 saturated heterocycles. The zero-order valence-electron chi connectivity index (χ0n) is 7.20. The lowest BCUT2D eigenvalue weighted by Gasteiger charge is -2.04. The van der Waals surface area contributed by atoms with Crippen molar-refractivity contribution in [1.82, 2.24) is 9.97 Å². The van der Waals surface area contributed by atoms with Gasteiger partial charge in [-0.05, 0) is 28.5 Å². The topological polar surface area (TPSA) is 25.8 Å². The minimum absolute atomic E-state index is 0.509. The van der Waals surface area contributed by atoms with Crippen molar-refractivity contribution >= 4 is 46.0 Å². The molecule has 0 aliphatic heterocycles. The van der Waals surface area contributed by atoms with Gasteiger partial charge in [-0.3, -0.25) is 0 Å². The highest BCUT2D eigenvalue weighted by molar-refractivity contribution is 14.1. The molecular weight excluding hydrogens is 319 g/mol. The van der Waals surface area contributed by atoms with Crippen molar-refractivity contribution in [3.8, 4) is 0 Å². The highest BCUT2D eigenvalue weighted by atomic mass is 127. The summed E-state index contributed by atoms with van der Waals surface area (Å²) in [5.74, 6) is 2.18. The highest BCUT2D eigenvalue weighted by Gasteiger charge is 2.02. The molecule has 0 aliphatic rings. The fourth-order valence-electron chi connectivity index (χ4n) is 0.636. The Bertz CT molecular complexity index is 255. The molecule has 0 N–H and O–H groups in total. The summed E-state index contributed by atoms with van der Waals surface area (Å²) in [6, 6.07) is 0. The van der Waals surface area contributed by atoms with Crippen LogP contribution in [0.3, 0.4) is 0 Å². The fraction of sp³-hybridized carbons (Fsp3) is 0.500. The zero-order valence-corrected chi connectivity index (χ0v) is 10.9. The molecule has 5 heteroatoms. The van der Waals surface area contributed by atoms with E-state index < -0.39 is 0 Å². The van der Waals surface area contributed by atoms with Crippen LogP contribution in [-0.4, -0.2) is 21.6 Å². The van der Waals surface area contributed by atoms with E-state index in [0.29, 0.717) is 11.8 Å². The molecule has 1 atom stereocenters. The van der Waals surface area contributed by atoms with Crippen LogP contribution in [0.2, 0.25) is 0 Å². The van der Waals surface area contributed by atoms with E-state index in [4.69, 9.17) is 11.6 Å². The number of thioether (sulfide) groups is 1. The van der Waals surface area contributed by atoms with Gasteiger partial charge < -0.3 is 0 Å². The maximum atomic E-state index is 5.69. The van der Waals surface area contributed by atoms with Crippen LogP contribution in [0, 0.1) is 9.49 Å². The molecule has 0 radical (unpaired) electrons. The summed E-state index contributed by atoms with van der Waals surface area (Å²) in [6.07, 6.45) is 3.64. The molecule has 13 heavy (non-hydrogen) atoms. The summed E-state index contributed by atoms with van der Waals surface area (Å²) in [6.45, 7) is 2.12. The Hall–Kier alpha value is 0.450. The van der Waals surface area contributed by atoms with Crippen molar-refractivity contribution in [3.05, 3.63) is 16.0 Å². The molecule has 0 aromatic carbocycles. The van der Waals surface area contributed by atoms with Crippen molar-refractivity contribution < 1.29 is 0 Å². The van der Waals surface area contributed by atoms with Gasteiger partial charge in [0.25, 0.3) is 0 Å². The van der Waals surface area contributed by atoms with Crippen LogP contribution in [0.5, 0.6) is 0 Å². The average Bonchev–Trinajstić information content (AvgIpc) is 2.16. The number of rotatable bonds is 4. The van der Waals surface area contributed by atoms with Gasteiger partial charge in [-0.1, -0.05) is 18.7 Å². The van der Waals surface area contributed by atoms with Crippen LogP contribution in [0.25, 0.3) is 0 Å². The third-order valence-corrected chi connectivity index (χ3v) is 3.65. The average molecular weight is 329 g/mol. The number of hydrogen-bond donors (Lipinski definition) is 0. The monoisotopic (exact) mass is 328 g/mol. The second-order valence-electron chi connectivity index (χ2n) is 2.75. The first-order chi connectivity index (χ1) is 6.22. The van der Waals surface area contributed by atoms with E-state index in [1.54, 1.807) is 11.8 Å². The molecule has 1 aromatic heterocycles. The van der Waals surface area contributed by atoms with Gasteiger partial charge in [0.05, 0.1) is 0 Å². The highest BCUT2D eigenvalue weighted by Crippen LogP contribution is 2.16. The number of alkyl halides is 1. The molecule has 1 rings (SSSR count). The van der Waals surface area contributed by atoms with Crippen molar-refractivity contribution in [1.29, 1.82) is 0 Å². The van der Waals surface area contributed by atoms with Gasteiger partial charge in [-0.25, -0.2) is 9.97 Å². The quantitative estimate of drug-likeness (QED) is 0.368. The van der Waals surface area contributed by atoms with Crippen LogP contribution in [-0.2, 0) is 0 Å². The zero-order chi connectivity index (χ0) is 9.68. The molecule has 1 aromatic rings. The molecule has 0 aliphatic carbocycles. The summed E-state index contributed by atoms with van der Waals surface area (Å²) < 4.78 is 1.06. The van der Waals surface area contributed by atoms with E-state index in [-0.39, 0.29) is 0 Å². The molecule has 0 fully saturated rings. The maximum Gasteiger partial charge on any atom is 0.187 e. The van der Waals surface area contributed by atoms with E-state index in [1.807, 2.05) is 12.4 Å². The van der Waals surface area contributed by atoms with Crippen molar-refractivity contribution in [3.63, 3.8) is 0 Å². The van der Waals surface area contributed by atoms with Crippen LogP contribution in [0.4, 0.5) is 0 Å². The Morgan fingerprint density at radius 2 is 2.15 bits per heavy atom. The second-order valence-corrected chi connectivity index (χ2v) is 5.30. The first kappa shape index (κ1) is 11.5. The van der Waals surface area contributed by atoms with E-state index in [0.717, 1.165) is 14.5 Å². The third kappa shape index (κ3) is 4.46. The fourth-order valence-corrected chi connectivity index (χ4v) is 1.96. The van der Waals surface area contributed by atoms with E-state index in [2.05, 4.69) is 39.5 Å². The van der Waals surface area contributed by atoms with Crippen molar-refractivity contribution in [2.75, 3.05) is 11.6 Å². The minimum atomic E-state index is 0.509. The van der Waals surface area contributed by atoms with Crippen molar-refractivity contribution in [2.45, 2.75) is 12.1 Å². The van der Waals surface area contributed by atoms with Gasteiger partial charge in [0.1, 0.15) is 0 Å². The smallest absolute Gasteiger partial charge is 0.187 e. The maximum absolute atomic E-state index is 5.69. The number of nitrogens with zero attached hydrogens (tertiary/aromatic N) is 2. The molecular formula is C8H10ClIN2S. The Kier molecular flexibility index (Phi) is 5.35. The van der Waals surface area contributed by atoms with Gasteiger partial charge in [-0.15, -0.1) is 11.6 Å². The van der Waals surface area contributed by atoms with Gasteiger partial charge in [0, 0.05) is 27.6 Å². The van der Waals surface area contributed by atoms with Crippen LogP contribution in [0.1, 0.15) is 6.92 Å². The third-order valence-electron chi connectivity index (χ3n) is 1.36. The lowest BCUT2D eigenvalue weighted by molar-refractivity contribution is 0.756. The Labute approximate surface area is 101 Å². The predicted octanol–water partition coefficient (Wildman–Crippen LogP) is 3.05. The molecule has 2 nitrogen and oxygen atoms in total. The van der Waals surface area contributed by atoms with Gasteiger partial charge in [0.15, 0.2) is 5.16 Å². The normalized spacial score (nSPS) is 12.8. The molecule has 0 amide bonds. The molecule has 0 bridgehead atoms. The first-order valence-corrected chi connectivity index (χ1v) is 6.48. The summed E-state index contributed by atoms with van der Waals surface area (Å²) in [5.41, 5.74) is 0. The van der Waals surface area contributed by atoms with Crippen molar-refractivity contribution in [2.24, 2.45) is 5.92 Å². The van der Waals surface area contributed by atoms with E-state index >= 15 is 0 Å². The summed E-state index contributed by atoms with van der Waals surface area (Å²) >= 11 is 9.53. The lowest BCUT2D eigenvalue weighted by Crippen LogP contribution is -2.00. The van der Waals surface area contributed by atoms with E-state index in [1.165, 1.54) is 0 Å². The second kappa shape index (κ2) is 6.03. The Morgan fingerprint density at radius 3 is 2.69 bits per heavy atom. The van der Waals surface area contributed by atoms with E-state index in [9.17, 15) is 0 Å². The molecule has 0 saturated carbocycles. The van der Waals surface area contributed by atoms with Crippen LogP contribution >= 0.6 is 46.0 Å². The van der Waals surface area contributed by atoms with Crippen LogP contribution in [0.15, 0.2) is 17.6 Å².